The van der Waals surface area contributed by atoms with Gasteiger partial charge in [0.25, 0.3) is 0 Å². The molecule has 0 saturated heterocycles. The highest BCUT2D eigenvalue weighted by atomic mass is 16.4. The number of hydrogen-bond donors (Lipinski definition) is 1. The zero-order valence-corrected chi connectivity index (χ0v) is 11.4. The maximum absolute atomic E-state index is 11.2. The van der Waals surface area contributed by atoms with E-state index >= 15 is 0 Å². The van der Waals surface area contributed by atoms with Crippen LogP contribution < -0.4 is 0 Å². The first-order valence-corrected chi connectivity index (χ1v) is 6.94. The SMILES string of the molecule is CCc1ccccc1-c1nnc2n1CC(C(=O)O)CC2. The van der Waals surface area contributed by atoms with Gasteiger partial charge in [0, 0.05) is 18.5 Å². The molecule has 1 aromatic carbocycles. The number of carboxylic acids is 1. The van der Waals surface area contributed by atoms with Crippen LogP contribution in [0.4, 0.5) is 0 Å². The fourth-order valence-corrected chi connectivity index (χ4v) is 2.77. The zero-order chi connectivity index (χ0) is 14.1. The van der Waals surface area contributed by atoms with E-state index in [4.69, 9.17) is 0 Å². The van der Waals surface area contributed by atoms with Crippen LogP contribution in [-0.4, -0.2) is 25.8 Å². The van der Waals surface area contributed by atoms with Gasteiger partial charge in [-0.1, -0.05) is 31.2 Å². The third kappa shape index (κ3) is 2.09. The van der Waals surface area contributed by atoms with Gasteiger partial charge in [-0.15, -0.1) is 10.2 Å². The number of carboxylic acid groups (broad SMARTS) is 1. The standard InChI is InChI=1S/C15H17N3O2/c1-2-10-5-3-4-6-12(10)14-17-16-13-8-7-11(15(19)20)9-18(13)14/h3-6,11H,2,7-9H2,1H3,(H,19,20). The van der Waals surface area contributed by atoms with Gasteiger partial charge in [-0.3, -0.25) is 4.79 Å². The second-order valence-corrected chi connectivity index (χ2v) is 5.13. The molecule has 0 bridgehead atoms. The lowest BCUT2D eigenvalue weighted by Crippen LogP contribution is -2.27. The van der Waals surface area contributed by atoms with Crippen LogP contribution in [0.1, 0.15) is 24.7 Å². The summed E-state index contributed by atoms with van der Waals surface area (Å²) in [6.45, 7) is 2.57. The highest BCUT2D eigenvalue weighted by Gasteiger charge is 2.28. The van der Waals surface area contributed by atoms with Crippen molar-refractivity contribution in [1.82, 2.24) is 14.8 Å². The van der Waals surface area contributed by atoms with Crippen LogP contribution in [0.3, 0.4) is 0 Å². The van der Waals surface area contributed by atoms with Gasteiger partial charge in [0.15, 0.2) is 5.82 Å². The molecule has 3 rings (SSSR count). The molecular weight excluding hydrogens is 254 g/mol. The first-order chi connectivity index (χ1) is 9.70. The van der Waals surface area contributed by atoms with Crippen molar-refractivity contribution in [3.8, 4) is 11.4 Å². The number of nitrogens with zero attached hydrogens (tertiary/aromatic N) is 3. The van der Waals surface area contributed by atoms with Gasteiger partial charge >= 0.3 is 5.97 Å². The molecule has 0 spiro atoms. The quantitative estimate of drug-likeness (QED) is 0.928. The second kappa shape index (κ2) is 5.07. The van der Waals surface area contributed by atoms with E-state index in [1.807, 2.05) is 22.8 Å². The minimum Gasteiger partial charge on any atom is -0.481 e. The third-order valence-corrected chi connectivity index (χ3v) is 3.94. The normalized spacial score (nSPS) is 17.8. The smallest absolute Gasteiger partial charge is 0.308 e. The number of hydrogen-bond acceptors (Lipinski definition) is 3. The number of fused-ring (bicyclic) bond motifs is 1. The molecule has 1 unspecified atom stereocenters. The summed E-state index contributed by atoms with van der Waals surface area (Å²) in [5.41, 5.74) is 2.26. The van der Waals surface area contributed by atoms with Crippen LogP contribution in [-0.2, 0) is 24.2 Å². The lowest BCUT2D eigenvalue weighted by molar-refractivity contribution is -0.142. The predicted molar refractivity (Wildman–Crippen MR) is 74.3 cm³/mol. The molecule has 104 valence electrons. The van der Waals surface area contributed by atoms with Crippen LogP contribution in [0.2, 0.25) is 0 Å². The molecule has 0 saturated carbocycles. The topological polar surface area (TPSA) is 68.0 Å². The molecule has 1 aromatic heterocycles. The lowest BCUT2D eigenvalue weighted by atomic mass is 9.98. The van der Waals surface area contributed by atoms with E-state index in [1.165, 1.54) is 5.56 Å². The van der Waals surface area contributed by atoms with Gasteiger partial charge in [0.2, 0.25) is 0 Å². The van der Waals surface area contributed by atoms with Gasteiger partial charge < -0.3 is 9.67 Å². The minimum absolute atomic E-state index is 0.342. The Bertz CT molecular complexity index is 648. The van der Waals surface area contributed by atoms with E-state index in [9.17, 15) is 9.90 Å². The van der Waals surface area contributed by atoms with Crippen molar-refractivity contribution in [1.29, 1.82) is 0 Å². The summed E-state index contributed by atoms with van der Waals surface area (Å²) in [6, 6.07) is 8.10. The average Bonchev–Trinajstić information content (AvgIpc) is 2.89. The fraction of sp³-hybridized carbons (Fsp3) is 0.400. The van der Waals surface area contributed by atoms with Gasteiger partial charge in [-0.25, -0.2) is 0 Å². The Morgan fingerprint density at radius 2 is 2.20 bits per heavy atom. The highest BCUT2D eigenvalue weighted by Crippen LogP contribution is 2.28. The van der Waals surface area contributed by atoms with E-state index in [1.54, 1.807) is 0 Å². The molecule has 1 aliphatic heterocycles. The summed E-state index contributed by atoms with van der Waals surface area (Å²) >= 11 is 0. The zero-order valence-electron chi connectivity index (χ0n) is 11.4. The van der Waals surface area contributed by atoms with Crippen molar-refractivity contribution in [2.45, 2.75) is 32.7 Å². The van der Waals surface area contributed by atoms with Gasteiger partial charge in [0.1, 0.15) is 5.82 Å². The van der Waals surface area contributed by atoms with Crippen molar-refractivity contribution < 1.29 is 9.90 Å². The molecule has 5 heteroatoms. The molecule has 2 heterocycles. The van der Waals surface area contributed by atoms with Gasteiger partial charge in [0.05, 0.1) is 5.92 Å². The van der Waals surface area contributed by atoms with Gasteiger partial charge in [-0.2, -0.15) is 0 Å². The van der Waals surface area contributed by atoms with Crippen LogP contribution in [0.25, 0.3) is 11.4 Å². The van der Waals surface area contributed by atoms with Crippen molar-refractivity contribution >= 4 is 5.97 Å². The Labute approximate surface area is 117 Å². The molecule has 1 atom stereocenters. The van der Waals surface area contributed by atoms with E-state index in [2.05, 4.69) is 23.2 Å². The van der Waals surface area contributed by atoms with Crippen molar-refractivity contribution in [3.63, 3.8) is 0 Å². The number of benzene rings is 1. The number of aryl methyl sites for hydroxylation is 2. The molecule has 1 aliphatic rings. The average molecular weight is 271 g/mol. The Morgan fingerprint density at radius 1 is 1.40 bits per heavy atom. The molecule has 0 amide bonds. The summed E-state index contributed by atoms with van der Waals surface area (Å²) in [4.78, 5) is 11.2. The maximum Gasteiger partial charge on any atom is 0.308 e. The first-order valence-electron chi connectivity index (χ1n) is 6.94. The Morgan fingerprint density at radius 3 is 2.95 bits per heavy atom. The number of aliphatic carboxylic acids is 1. The number of rotatable bonds is 3. The lowest BCUT2D eigenvalue weighted by Gasteiger charge is -2.21. The van der Waals surface area contributed by atoms with E-state index in [0.29, 0.717) is 19.4 Å². The predicted octanol–water partition coefficient (Wildman–Crippen LogP) is 2.15. The number of carbonyl (C=O) groups is 1. The second-order valence-electron chi connectivity index (χ2n) is 5.13. The molecule has 0 radical (unpaired) electrons. The molecule has 1 N–H and O–H groups in total. The van der Waals surface area contributed by atoms with Crippen LogP contribution in [0.15, 0.2) is 24.3 Å². The molecule has 0 aliphatic carbocycles. The maximum atomic E-state index is 11.2. The molecule has 0 fully saturated rings. The molecule has 2 aromatic rings. The third-order valence-electron chi connectivity index (χ3n) is 3.94. The van der Waals surface area contributed by atoms with E-state index in [0.717, 1.165) is 23.6 Å². The Hall–Kier alpha value is -2.17. The first kappa shape index (κ1) is 12.8. The molecule has 20 heavy (non-hydrogen) atoms. The summed E-state index contributed by atoms with van der Waals surface area (Å²) < 4.78 is 1.97. The molecular formula is C15H17N3O2. The largest absolute Gasteiger partial charge is 0.481 e. The summed E-state index contributed by atoms with van der Waals surface area (Å²) in [7, 11) is 0. The van der Waals surface area contributed by atoms with Crippen LogP contribution in [0, 0.1) is 5.92 Å². The van der Waals surface area contributed by atoms with Crippen molar-refractivity contribution in [3.05, 3.63) is 35.7 Å². The van der Waals surface area contributed by atoms with Gasteiger partial charge in [-0.05, 0) is 18.4 Å². The minimum atomic E-state index is -0.737. The Balaban J connectivity index is 2.05. The monoisotopic (exact) mass is 271 g/mol. The van der Waals surface area contributed by atoms with Crippen LogP contribution in [0.5, 0.6) is 0 Å². The van der Waals surface area contributed by atoms with Crippen LogP contribution >= 0.6 is 0 Å². The van der Waals surface area contributed by atoms with Crippen molar-refractivity contribution in [2.75, 3.05) is 0 Å². The highest BCUT2D eigenvalue weighted by molar-refractivity contribution is 5.70. The summed E-state index contributed by atoms with van der Waals surface area (Å²) in [6.07, 6.45) is 2.24. The fourth-order valence-electron chi connectivity index (χ4n) is 2.77. The number of aromatic nitrogens is 3. The van der Waals surface area contributed by atoms with Crippen molar-refractivity contribution in [2.24, 2.45) is 5.92 Å². The Kier molecular flexibility index (Phi) is 3.26. The van der Waals surface area contributed by atoms with E-state index in [-0.39, 0.29) is 5.92 Å². The van der Waals surface area contributed by atoms with E-state index < -0.39 is 5.97 Å². The summed E-state index contributed by atoms with van der Waals surface area (Å²) in [5, 5.41) is 17.7. The summed E-state index contributed by atoms with van der Waals surface area (Å²) in [5.74, 6) is 0.608. The molecule has 5 nitrogen and oxygen atoms in total.